The number of ketones is 1. The summed E-state index contributed by atoms with van der Waals surface area (Å²) < 4.78 is 29.9. The van der Waals surface area contributed by atoms with Crippen molar-refractivity contribution >= 4 is 11.9 Å². The molecular formula is C17H12F2N4O2. The van der Waals surface area contributed by atoms with E-state index in [1.54, 1.807) is 42.5 Å². The van der Waals surface area contributed by atoms with Gasteiger partial charge in [0.1, 0.15) is 12.1 Å². The Labute approximate surface area is 141 Å². The maximum atomic E-state index is 12.3. The van der Waals surface area contributed by atoms with Gasteiger partial charge in [-0.25, -0.2) is 4.68 Å². The molecule has 1 heterocycles. The molecule has 0 bridgehead atoms. The monoisotopic (exact) mass is 342 g/mol. The lowest BCUT2D eigenvalue weighted by Gasteiger charge is -2.04. The first-order valence-corrected chi connectivity index (χ1v) is 7.22. The highest BCUT2D eigenvalue weighted by Crippen LogP contribution is 2.16. The third kappa shape index (κ3) is 4.31. The van der Waals surface area contributed by atoms with Gasteiger partial charge in [0.25, 0.3) is 0 Å². The van der Waals surface area contributed by atoms with Crippen molar-refractivity contribution in [2.45, 2.75) is 6.61 Å². The normalized spacial score (nSPS) is 11.2. The molecule has 0 aliphatic rings. The van der Waals surface area contributed by atoms with E-state index in [0.717, 1.165) is 0 Å². The van der Waals surface area contributed by atoms with Crippen LogP contribution < -0.4 is 4.74 Å². The van der Waals surface area contributed by atoms with Crippen LogP contribution in [0.1, 0.15) is 15.9 Å². The van der Waals surface area contributed by atoms with Crippen molar-refractivity contribution in [3.05, 3.63) is 72.1 Å². The average molecular weight is 342 g/mol. The molecule has 25 heavy (non-hydrogen) atoms. The van der Waals surface area contributed by atoms with Gasteiger partial charge in [0.05, 0.1) is 5.69 Å². The van der Waals surface area contributed by atoms with E-state index in [0.29, 0.717) is 16.8 Å². The number of allylic oxidation sites excluding steroid dienone is 1. The molecule has 0 N–H and O–H groups in total. The van der Waals surface area contributed by atoms with Gasteiger partial charge in [-0.1, -0.05) is 30.3 Å². The summed E-state index contributed by atoms with van der Waals surface area (Å²) in [6.45, 7) is -2.87. The number of aromatic nitrogens is 4. The van der Waals surface area contributed by atoms with Crippen LogP contribution in [-0.2, 0) is 0 Å². The molecule has 0 radical (unpaired) electrons. The maximum Gasteiger partial charge on any atom is 0.387 e. The molecule has 2 aromatic carbocycles. The number of halogens is 2. The van der Waals surface area contributed by atoms with Crippen molar-refractivity contribution in [1.29, 1.82) is 0 Å². The van der Waals surface area contributed by atoms with Gasteiger partial charge >= 0.3 is 6.61 Å². The fourth-order valence-corrected chi connectivity index (χ4v) is 2.11. The highest BCUT2D eigenvalue weighted by atomic mass is 19.3. The molecule has 0 spiro atoms. The first-order valence-electron chi connectivity index (χ1n) is 7.22. The number of rotatable bonds is 6. The van der Waals surface area contributed by atoms with Crippen molar-refractivity contribution in [2.75, 3.05) is 0 Å². The van der Waals surface area contributed by atoms with Gasteiger partial charge in [-0.2, -0.15) is 8.78 Å². The summed E-state index contributed by atoms with van der Waals surface area (Å²) in [7, 11) is 0. The Bertz CT molecular complexity index is 878. The number of tetrazole rings is 1. The molecule has 0 atom stereocenters. The number of ether oxygens (including phenoxy) is 1. The van der Waals surface area contributed by atoms with Crippen molar-refractivity contribution in [1.82, 2.24) is 20.2 Å². The Morgan fingerprint density at radius 1 is 1.16 bits per heavy atom. The summed E-state index contributed by atoms with van der Waals surface area (Å²) in [5.41, 5.74) is 1.83. The molecule has 1 aromatic heterocycles. The van der Waals surface area contributed by atoms with E-state index >= 15 is 0 Å². The summed E-state index contributed by atoms with van der Waals surface area (Å²) in [4.78, 5) is 12.3. The maximum absolute atomic E-state index is 12.3. The second-order valence-corrected chi connectivity index (χ2v) is 4.95. The number of benzene rings is 2. The highest BCUT2D eigenvalue weighted by Gasteiger charge is 2.06. The molecule has 0 aliphatic heterocycles. The van der Waals surface area contributed by atoms with Crippen LogP contribution in [-0.4, -0.2) is 32.6 Å². The van der Waals surface area contributed by atoms with Crippen molar-refractivity contribution in [2.24, 2.45) is 0 Å². The minimum absolute atomic E-state index is 0.0626. The smallest absolute Gasteiger partial charge is 0.387 e. The quantitative estimate of drug-likeness (QED) is 0.508. The molecule has 0 aliphatic carbocycles. The minimum atomic E-state index is -2.87. The molecule has 0 unspecified atom stereocenters. The van der Waals surface area contributed by atoms with Gasteiger partial charge in [0.15, 0.2) is 5.78 Å². The lowest BCUT2D eigenvalue weighted by molar-refractivity contribution is -0.0498. The minimum Gasteiger partial charge on any atom is -0.435 e. The zero-order valence-electron chi connectivity index (χ0n) is 12.8. The van der Waals surface area contributed by atoms with E-state index in [-0.39, 0.29) is 11.5 Å². The molecule has 6 nitrogen and oxygen atoms in total. The molecule has 3 rings (SSSR count). The second-order valence-electron chi connectivity index (χ2n) is 4.95. The Hall–Kier alpha value is -3.42. The van der Waals surface area contributed by atoms with E-state index in [1.807, 2.05) is 0 Å². The number of carbonyl (C=O) groups excluding carboxylic acids is 1. The number of alkyl halides is 2. The van der Waals surface area contributed by atoms with Crippen LogP contribution in [0.3, 0.4) is 0 Å². The third-order valence-corrected chi connectivity index (χ3v) is 3.28. The molecule has 8 heteroatoms. The van der Waals surface area contributed by atoms with Gasteiger partial charge in [-0.05, 0) is 46.3 Å². The third-order valence-electron chi connectivity index (χ3n) is 3.28. The fourth-order valence-electron chi connectivity index (χ4n) is 2.11. The number of carbonyl (C=O) groups is 1. The van der Waals surface area contributed by atoms with Gasteiger partial charge < -0.3 is 4.74 Å². The molecular weight excluding hydrogens is 330 g/mol. The largest absolute Gasteiger partial charge is 0.435 e. The van der Waals surface area contributed by atoms with Gasteiger partial charge in [-0.15, -0.1) is 5.10 Å². The zero-order valence-corrected chi connectivity index (χ0v) is 12.8. The van der Waals surface area contributed by atoms with E-state index in [1.165, 1.54) is 29.2 Å². The van der Waals surface area contributed by atoms with Crippen molar-refractivity contribution in [3.63, 3.8) is 0 Å². The lowest BCUT2D eigenvalue weighted by Crippen LogP contribution is -2.01. The first-order chi connectivity index (χ1) is 12.1. The highest BCUT2D eigenvalue weighted by molar-refractivity contribution is 6.07. The molecule has 3 aromatic rings. The number of hydrogen-bond acceptors (Lipinski definition) is 5. The van der Waals surface area contributed by atoms with E-state index in [2.05, 4.69) is 20.3 Å². The first kappa shape index (κ1) is 16.4. The van der Waals surface area contributed by atoms with Crippen molar-refractivity contribution in [3.8, 4) is 11.4 Å². The second kappa shape index (κ2) is 7.43. The average Bonchev–Trinajstić information content (AvgIpc) is 3.15. The molecule has 0 saturated heterocycles. The van der Waals surface area contributed by atoms with Crippen LogP contribution in [0.15, 0.2) is 60.9 Å². The summed E-state index contributed by atoms with van der Waals surface area (Å²) in [5.74, 6) is -0.143. The Morgan fingerprint density at radius 3 is 2.64 bits per heavy atom. The summed E-state index contributed by atoms with van der Waals surface area (Å²) >= 11 is 0. The van der Waals surface area contributed by atoms with Crippen LogP contribution in [0.4, 0.5) is 8.78 Å². The predicted molar refractivity (Wildman–Crippen MR) is 85.6 cm³/mol. The summed E-state index contributed by atoms with van der Waals surface area (Å²) in [6, 6.07) is 12.8. The number of hydrogen-bond donors (Lipinski definition) is 0. The Morgan fingerprint density at radius 2 is 1.96 bits per heavy atom. The zero-order chi connectivity index (χ0) is 17.6. The van der Waals surface area contributed by atoms with Crippen LogP contribution in [0.25, 0.3) is 11.8 Å². The van der Waals surface area contributed by atoms with E-state index in [4.69, 9.17) is 0 Å². The van der Waals surface area contributed by atoms with Gasteiger partial charge in [0, 0.05) is 5.56 Å². The van der Waals surface area contributed by atoms with Crippen molar-refractivity contribution < 1.29 is 18.3 Å². The Balaban J connectivity index is 1.71. The Kier molecular flexibility index (Phi) is 4.89. The molecule has 0 fully saturated rings. The fraction of sp³-hybridized carbons (Fsp3) is 0.0588. The van der Waals surface area contributed by atoms with Crippen LogP contribution in [0.5, 0.6) is 5.75 Å². The van der Waals surface area contributed by atoms with Crippen LogP contribution in [0.2, 0.25) is 0 Å². The molecule has 0 saturated carbocycles. The summed E-state index contributed by atoms with van der Waals surface area (Å²) in [5, 5.41) is 10.9. The van der Waals surface area contributed by atoms with Gasteiger partial charge in [0.2, 0.25) is 0 Å². The number of nitrogens with zero attached hydrogens (tertiary/aromatic N) is 4. The van der Waals surface area contributed by atoms with E-state index < -0.39 is 6.61 Å². The van der Waals surface area contributed by atoms with Gasteiger partial charge in [-0.3, -0.25) is 4.79 Å². The topological polar surface area (TPSA) is 69.9 Å². The van der Waals surface area contributed by atoms with Crippen LogP contribution in [0, 0.1) is 0 Å². The van der Waals surface area contributed by atoms with E-state index in [9.17, 15) is 13.6 Å². The molecule has 0 amide bonds. The SMILES string of the molecule is O=C(/C=C/c1ccc(OC(F)F)cc1)c1cccc(-n2cnnn2)c1. The van der Waals surface area contributed by atoms with Crippen LogP contribution >= 0.6 is 0 Å². The lowest BCUT2D eigenvalue weighted by atomic mass is 10.1. The standard InChI is InChI=1S/C17H12F2N4O2/c18-17(19)25-15-7-4-12(5-8-15)6-9-16(24)13-2-1-3-14(10-13)23-11-20-21-22-23/h1-11,17H/b9-6+. The molecule has 126 valence electrons. The summed E-state index contributed by atoms with van der Waals surface area (Å²) in [6.07, 6.45) is 4.43. The predicted octanol–water partition coefficient (Wildman–Crippen LogP) is 3.16.